The van der Waals surface area contributed by atoms with E-state index in [9.17, 15) is 4.79 Å². The third-order valence-corrected chi connectivity index (χ3v) is 1.39. The molecule has 0 spiro atoms. The van der Waals surface area contributed by atoms with E-state index < -0.39 is 0 Å². The maximum absolute atomic E-state index is 10.7. The van der Waals surface area contributed by atoms with Crippen molar-refractivity contribution in [3.63, 3.8) is 0 Å². The van der Waals surface area contributed by atoms with Gasteiger partial charge >= 0.3 is 0 Å². The van der Waals surface area contributed by atoms with Crippen LogP contribution in [-0.4, -0.2) is 21.2 Å². The first-order chi connectivity index (χ1) is 4.83. The summed E-state index contributed by atoms with van der Waals surface area (Å²) < 4.78 is 0. The normalized spacial score (nSPS) is 9.30. The van der Waals surface area contributed by atoms with Gasteiger partial charge in [0, 0.05) is 12.4 Å². The van der Waals surface area contributed by atoms with Crippen LogP contribution in [0.3, 0.4) is 0 Å². The third-order valence-electron chi connectivity index (χ3n) is 0.877. The van der Waals surface area contributed by atoms with Gasteiger partial charge in [0.2, 0.25) is 11.9 Å². The maximum Gasteiger partial charge on any atom is 0.237 e. The maximum atomic E-state index is 10.7. The summed E-state index contributed by atoms with van der Waals surface area (Å²) in [6, 6.07) is 0. The number of carbonyl (C=O) groups is 1. The Hall–Kier alpha value is -0.840. The third kappa shape index (κ3) is 1.84. The van der Waals surface area contributed by atoms with E-state index in [1.165, 1.54) is 0 Å². The van der Waals surface area contributed by atoms with Gasteiger partial charge in [0.1, 0.15) is 0 Å². The number of rotatable bonds is 2. The number of imidazole rings is 1. The fourth-order valence-corrected chi connectivity index (χ4v) is 0.639. The molecule has 54 valence electrons. The minimum absolute atomic E-state index is 0.116. The highest BCUT2D eigenvalue weighted by Gasteiger charge is 1.98. The number of anilines is 1. The molecule has 4 nitrogen and oxygen atoms in total. The van der Waals surface area contributed by atoms with Crippen LogP contribution in [0.4, 0.5) is 5.95 Å². The van der Waals surface area contributed by atoms with Crippen molar-refractivity contribution in [2.75, 3.05) is 10.6 Å². The predicted octanol–water partition coefficient (Wildman–Crippen LogP) is 0.743. The minimum Gasteiger partial charge on any atom is -0.331 e. The van der Waals surface area contributed by atoms with Crippen molar-refractivity contribution >= 4 is 27.8 Å². The summed E-state index contributed by atoms with van der Waals surface area (Å²) in [4.78, 5) is 17.2. The quantitative estimate of drug-likeness (QED) is 0.698. The van der Waals surface area contributed by atoms with Crippen LogP contribution in [0.5, 0.6) is 0 Å². The molecule has 5 heteroatoms. The van der Waals surface area contributed by atoms with Crippen molar-refractivity contribution in [3.05, 3.63) is 12.4 Å². The lowest BCUT2D eigenvalue weighted by Crippen LogP contribution is -2.13. The SMILES string of the molecule is O=C(CBr)Nc1ncc[nH]1. The molecule has 0 bridgehead atoms. The van der Waals surface area contributed by atoms with Gasteiger partial charge in [-0.05, 0) is 0 Å². The largest absolute Gasteiger partial charge is 0.331 e. The van der Waals surface area contributed by atoms with E-state index >= 15 is 0 Å². The Balaban J connectivity index is 2.48. The summed E-state index contributed by atoms with van der Waals surface area (Å²) >= 11 is 3.01. The van der Waals surface area contributed by atoms with Gasteiger partial charge in [-0.2, -0.15) is 0 Å². The standard InChI is InChI=1S/C5H6BrN3O/c6-3-4(10)9-5-7-1-2-8-5/h1-2H,3H2,(H2,7,8,9,10). The molecule has 1 rings (SSSR count). The van der Waals surface area contributed by atoms with E-state index in [2.05, 4.69) is 31.2 Å². The fourth-order valence-electron chi connectivity index (χ4n) is 0.499. The Bertz CT molecular complexity index is 209. The summed E-state index contributed by atoms with van der Waals surface area (Å²) in [5, 5.41) is 2.80. The first kappa shape index (κ1) is 7.27. The lowest BCUT2D eigenvalue weighted by Gasteiger charge is -1.94. The zero-order valence-corrected chi connectivity index (χ0v) is 6.68. The highest BCUT2D eigenvalue weighted by atomic mass is 79.9. The molecular formula is C5H6BrN3O. The molecule has 1 aromatic rings. The highest BCUT2D eigenvalue weighted by Crippen LogP contribution is 1.94. The number of alkyl halides is 1. The number of carbonyl (C=O) groups excluding carboxylic acids is 1. The number of hydrogen-bond acceptors (Lipinski definition) is 2. The van der Waals surface area contributed by atoms with Gasteiger partial charge in [-0.25, -0.2) is 4.98 Å². The fraction of sp³-hybridized carbons (Fsp3) is 0.200. The Labute approximate surface area is 66.2 Å². The molecule has 1 amide bonds. The van der Waals surface area contributed by atoms with Gasteiger partial charge in [0.15, 0.2) is 0 Å². The summed E-state index contributed by atoms with van der Waals surface area (Å²) in [5.74, 6) is 0.361. The molecule has 0 aliphatic rings. The summed E-state index contributed by atoms with van der Waals surface area (Å²) in [6.45, 7) is 0. The van der Waals surface area contributed by atoms with Crippen LogP contribution in [0.15, 0.2) is 12.4 Å². The number of nitrogens with one attached hydrogen (secondary N) is 2. The van der Waals surface area contributed by atoms with Crippen molar-refractivity contribution in [3.8, 4) is 0 Å². The molecule has 0 radical (unpaired) electrons. The van der Waals surface area contributed by atoms with E-state index in [0.29, 0.717) is 5.95 Å². The van der Waals surface area contributed by atoms with Crippen LogP contribution in [-0.2, 0) is 4.79 Å². The average molecular weight is 204 g/mol. The van der Waals surface area contributed by atoms with Gasteiger partial charge in [-0.3, -0.25) is 10.1 Å². The minimum atomic E-state index is -0.116. The molecule has 10 heavy (non-hydrogen) atoms. The van der Waals surface area contributed by atoms with Crippen molar-refractivity contribution in [2.45, 2.75) is 0 Å². The van der Waals surface area contributed by atoms with Gasteiger partial charge < -0.3 is 4.98 Å². The number of halogens is 1. The molecule has 0 saturated carbocycles. The topological polar surface area (TPSA) is 57.8 Å². The van der Waals surface area contributed by atoms with Crippen molar-refractivity contribution < 1.29 is 4.79 Å². The van der Waals surface area contributed by atoms with Gasteiger partial charge in [-0.15, -0.1) is 0 Å². The molecule has 0 fully saturated rings. The molecule has 0 aromatic carbocycles. The number of aromatic amines is 1. The Morgan fingerprint density at radius 2 is 2.70 bits per heavy atom. The number of amides is 1. The van der Waals surface area contributed by atoms with Gasteiger partial charge in [0.25, 0.3) is 0 Å². The molecule has 1 aromatic heterocycles. The predicted molar refractivity (Wildman–Crippen MR) is 41.0 cm³/mol. The Morgan fingerprint density at radius 3 is 3.20 bits per heavy atom. The molecule has 2 N–H and O–H groups in total. The second-order valence-electron chi connectivity index (χ2n) is 1.62. The first-order valence-corrected chi connectivity index (χ1v) is 3.80. The first-order valence-electron chi connectivity index (χ1n) is 2.68. The smallest absolute Gasteiger partial charge is 0.237 e. The second kappa shape index (κ2) is 3.36. The van der Waals surface area contributed by atoms with Gasteiger partial charge in [-0.1, -0.05) is 15.9 Å². The lowest BCUT2D eigenvalue weighted by molar-refractivity contribution is -0.113. The summed E-state index contributed by atoms with van der Waals surface area (Å²) in [5.41, 5.74) is 0. The van der Waals surface area contributed by atoms with Crippen LogP contribution >= 0.6 is 15.9 Å². The van der Waals surface area contributed by atoms with Crippen molar-refractivity contribution in [1.29, 1.82) is 0 Å². The number of aromatic nitrogens is 2. The van der Waals surface area contributed by atoms with Gasteiger partial charge in [0.05, 0.1) is 5.33 Å². The molecule has 0 aliphatic heterocycles. The van der Waals surface area contributed by atoms with E-state index in [-0.39, 0.29) is 11.2 Å². The number of H-pyrrole nitrogens is 1. The average Bonchev–Trinajstić information content (AvgIpc) is 2.40. The molecule has 0 aliphatic carbocycles. The van der Waals surface area contributed by atoms with Crippen LogP contribution in [0.25, 0.3) is 0 Å². The molecular weight excluding hydrogens is 198 g/mol. The highest BCUT2D eigenvalue weighted by molar-refractivity contribution is 9.09. The van der Waals surface area contributed by atoms with Crippen molar-refractivity contribution in [1.82, 2.24) is 9.97 Å². The summed E-state index contributed by atoms with van der Waals surface area (Å²) in [7, 11) is 0. The van der Waals surface area contributed by atoms with E-state index in [1.807, 2.05) is 0 Å². The molecule has 0 saturated heterocycles. The van der Waals surface area contributed by atoms with E-state index in [4.69, 9.17) is 0 Å². The number of nitrogens with zero attached hydrogens (tertiary/aromatic N) is 1. The monoisotopic (exact) mass is 203 g/mol. The Kier molecular flexibility index (Phi) is 2.44. The van der Waals surface area contributed by atoms with Crippen LogP contribution < -0.4 is 5.32 Å². The zero-order chi connectivity index (χ0) is 7.40. The molecule has 1 heterocycles. The number of hydrogen-bond donors (Lipinski definition) is 2. The molecule has 0 unspecified atom stereocenters. The Morgan fingerprint density at radius 1 is 1.90 bits per heavy atom. The summed E-state index contributed by atoms with van der Waals surface area (Å²) in [6.07, 6.45) is 3.22. The second-order valence-corrected chi connectivity index (χ2v) is 2.18. The van der Waals surface area contributed by atoms with E-state index in [1.54, 1.807) is 12.4 Å². The van der Waals surface area contributed by atoms with Crippen molar-refractivity contribution in [2.24, 2.45) is 0 Å². The molecule has 0 atom stereocenters. The van der Waals surface area contributed by atoms with Crippen LogP contribution in [0, 0.1) is 0 Å². The zero-order valence-electron chi connectivity index (χ0n) is 5.10. The van der Waals surface area contributed by atoms with E-state index in [0.717, 1.165) is 0 Å². The lowest BCUT2D eigenvalue weighted by atomic mass is 10.7. The van der Waals surface area contributed by atoms with Crippen LogP contribution in [0.2, 0.25) is 0 Å². The van der Waals surface area contributed by atoms with Crippen LogP contribution in [0.1, 0.15) is 0 Å².